The third-order valence-electron chi connectivity index (χ3n) is 2.09. The second-order valence-electron chi connectivity index (χ2n) is 3.30. The molecule has 2 aromatic rings. The average molecular weight is 248 g/mol. The van der Waals surface area contributed by atoms with Crippen LogP contribution in [0.25, 0.3) is 11.4 Å². The zero-order chi connectivity index (χ0) is 12.1. The molecule has 0 amide bonds. The van der Waals surface area contributed by atoms with E-state index in [9.17, 15) is 0 Å². The van der Waals surface area contributed by atoms with Crippen LogP contribution in [-0.2, 0) is 6.54 Å². The summed E-state index contributed by atoms with van der Waals surface area (Å²) in [7, 11) is 0. The molecule has 0 fully saturated rings. The molecule has 4 nitrogen and oxygen atoms in total. The van der Waals surface area contributed by atoms with Crippen molar-refractivity contribution in [3.8, 4) is 23.7 Å². The van der Waals surface area contributed by atoms with E-state index < -0.39 is 0 Å². The van der Waals surface area contributed by atoms with Crippen molar-refractivity contribution in [2.45, 2.75) is 6.54 Å². The molecule has 0 atom stereocenters. The lowest BCUT2D eigenvalue weighted by atomic mass is 10.2. The molecular formula is C12H10ClN3O. The summed E-state index contributed by atoms with van der Waals surface area (Å²) < 4.78 is 5.07. The topological polar surface area (TPSA) is 51.0 Å². The highest BCUT2D eigenvalue weighted by Gasteiger charge is 2.10. The van der Waals surface area contributed by atoms with Crippen molar-refractivity contribution >= 4 is 11.6 Å². The van der Waals surface area contributed by atoms with Gasteiger partial charge in [0.25, 0.3) is 0 Å². The third kappa shape index (κ3) is 2.84. The van der Waals surface area contributed by atoms with E-state index in [1.165, 1.54) is 0 Å². The highest BCUT2D eigenvalue weighted by atomic mass is 35.5. The molecule has 17 heavy (non-hydrogen) atoms. The lowest BCUT2D eigenvalue weighted by Crippen LogP contribution is -2.13. The van der Waals surface area contributed by atoms with Gasteiger partial charge in [0.1, 0.15) is 0 Å². The van der Waals surface area contributed by atoms with E-state index >= 15 is 0 Å². The van der Waals surface area contributed by atoms with E-state index in [0.29, 0.717) is 29.8 Å². The smallest absolute Gasteiger partial charge is 0.240 e. The minimum atomic E-state index is 0.446. The van der Waals surface area contributed by atoms with Crippen molar-refractivity contribution in [3.63, 3.8) is 0 Å². The number of rotatable bonds is 4. The molecular weight excluding hydrogens is 238 g/mol. The molecule has 0 spiro atoms. The molecule has 5 heteroatoms. The van der Waals surface area contributed by atoms with Gasteiger partial charge in [0.05, 0.1) is 18.1 Å². The Morgan fingerprint density at radius 2 is 2.24 bits per heavy atom. The lowest BCUT2D eigenvalue weighted by Gasteiger charge is -1.96. The van der Waals surface area contributed by atoms with Gasteiger partial charge in [-0.3, -0.25) is 5.32 Å². The Labute approximate surface area is 104 Å². The summed E-state index contributed by atoms with van der Waals surface area (Å²) in [6.45, 7) is 0.908. The quantitative estimate of drug-likeness (QED) is 0.664. The molecule has 0 bridgehead atoms. The Balaban J connectivity index is 2.14. The fourth-order valence-electron chi connectivity index (χ4n) is 1.32. The predicted molar refractivity (Wildman–Crippen MR) is 65.3 cm³/mol. The normalized spacial score (nSPS) is 10.1. The van der Waals surface area contributed by atoms with Gasteiger partial charge >= 0.3 is 0 Å². The van der Waals surface area contributed by atoms with E-state index in [4.69, 9.17) is 22.5 Å². The molecule has 0 aliphatic heterocycles. The Kier molecular flexibility index (Phi) is 3.76. The van der Waals surface area contributed by atoms with Crippen molar-refractivity contribution in [2.24, 2.45) is 0 Å². The van der Waals surface area contributed by atoms with Gasteiger partial charge in [-0.25, -0.2) is 0 Å². The fourth-order valence-corrected chi connectivity index (χ4v) is 1.54. The second kappa shape index (κ2) is 5.48. The van der Waals surface area contributed by atoms with Crippen LogP contribution in [0.15, 0.2) is 28.8 Å². The van der Waals surface area contributed by atoms with Gasteiger partial charge in [-0.2, -0.15) is 4.98 Å². The van der Waals surface area contributed by atoms with Gasteiger partial charge < -0.3 is 4.52 Å². The largest absolute Gasteiger partial charge is 0.338 e. The first kappa shape index (κ1) is 11.6. The van der Waals surface area contributed by atoms with Gasteiger partial charge in [-0.1, -0.05) is 34.8 Å². The van der Waals surface area contributed by atoms with Crippen LogP contribution in [0.3, 0.4) is 0 Å². The molecule has 86 valence electrons. The predicted octanol–water partition coefficient (Wildman–Crippen LogP) is 2.11. The van der Waals surface area contributed by atoms with Crippen molar-refractivity contribution in [3.05, 3.63) is 35.2 Å². The molecule has 0 radical (unpaired) electrons. The summed E-state index contributed by atoms with van der Waals surface area (Å²) in [5.74, 6) is 3.42. The van der Waals surface area contributed by atoms with Crippen molar-refractivity contribution < 1.29 is 4.52 Å². The van der Waals surface area contributed by atoms with Crippen LogP contribution in [0.1, 0.15) is 5.89 Å². The molecule has 1 heterocycles. The maximum atomic E-state index is 6.03. The summed E-state index contributed by atoms with van der Waals surface area (Å²) in [6, 6.07) is 7.34. The highest BCUT2D eigenvalue weighted by Crippen LogP contribution is 2.24. The van der Waals surface area contributed by atoms with Gasteiger partial charge in [0.2, 0.25) is 11.7 Å². The standard InChI is InChI=1S/C12H10ClN3O/c1-2-7-14-8-11-15-12(16-17-11)9-5-3-4-6-10(9)13/h1,3-6,14H,7-8H2. The highest BCUT2D eigenvalue weighted by molar-refractivity contribution is 6.33. The van der Waals surface area contributed by atoms with E-state index in [1.807, 2.05) is 18.2 Å². The summed E-state index contributed by atoms with van der Waals surface area (Å²) in [5, 5.41) is 7.42. The number of benzene rings is 1. The summed E-state index contributed by atoms with van der Waals surface area (Å²) in [5.41, 5.74) is 0.751. The first-order valence-corrected chi connectivity index (χ1v) is 5.40. The van der Waals surface area contributed by atoms with Gasteiger partial charge in [0, 0.05) is 5.56 Å². The first-order valence-electron chi connectivity index (χ1n) is 5.03. The van der Waals surface area contributed by atoms with Crippen LogP contribution in [0.5, 0.6) is 0 Å². The number of aromatic nitrogens is 2. The molecule has 1 N–H and O–H groups in total. The summed E-state index contributed by atoms with van der Waals surface area (Å²) in [6.07, 6.45) is 5.11. The van der Waals surface area contributed by atoms with Crippen molar-refractivity contribution in [2.75, 3.05) is 6.54 Å². The number of hydrogen-bond donors (Lipinski definition) is 1. The van der Waals surface area contributed by atoms with E-state index in [-0.39, 0.29) is 0 Å². The molecule has 0 saturated heterocycles. The Hall–Kier alpha value is -1.83. The summed E-state index contributed by atoms with van der Waals surface area (Å²) >= 11 is 6.03. The summed E-state index contributed by atoms with van der Waals surface area (Å²) in [4.78, 5) is 4.22. The molecule has 0 aliphatic carbocycles. The van der Waals surface area contributed by atoms with Gasteiger partial charge in [0.15, 0.2) is 0 Å². The monoisotopic (exact) mass is 247 g/mol. The first-order chi connectivity index (χ1) is 8.31. The lowest BCUT2D eigenvalue weighted by molar-refractivity contribution is 0.370. The van der Waals surface area contributed by atoms with Crippen molar-refractivity contribution in [1.29, 1.82) is 0 Å². The Morgan fingerprint density at radius 3 is 3.00 bits per heavy atom. The van der Waals surface area contributed by atoms with Crippen molar-refractivity contribution in [1.82, 2.24) is 15.5 Å². The Bertz CT molecular complexity index is 545. The van der Waals surface area contributed by atoms with Gasteiger partial charge in [-0.05, 0) is 12.1 Å². The third-order valence-corrected chi connectivity index (χ3v) is 2.42. The number of halogens is 1. The molecule has 0 unspecified atom stereocenters. The van der Waals surface area contributed by atoms with Crippen LogP contribution < -0.4 is 5.32 Å². The molecule has 0 aliphatic rings. The minimum absolute atomic E-state index is 0.446. The van der Waals surface area contributed by atoms with E-state index in [2.05, 4.69) is 21.4 Å². The van der Waals surface area contributed by atoms with Crippen LogP contribution in [0.4, 0.5) is 0 Å². The van der Waals surface area contributed by atoms with Crippen LogP contribution in [0.2, 0.25) is 5.02 Å². The second-order valence-corrected chi connectivity index (χ2v) is 3.71. The SMILES string of the molecule is C#CCNCc1nc(-c2ccccc2Cl)no1. The number of nitrogens with one attached hydrogen (secondary N) is 1. The zero-order valence-electron chi connectivity index (χ0n) is 8.98. The van der Waals surface area contributed by atoms with Gasteiger partial charge in [-0.15, -0.1) is 6.42 Å². The minimum Gasteiger partial charge on any atom is -0.338 e. The average Bonchev–Trinajstić information content (AvgIpc) is 2.79. The maximum absolute atomic E-state index is 6.03. The number of terminal acetylenes is 1. The van der Waals surface area contributed by atoms with Crippen LogP contribution in [-0.4, -0.2) is 16.7 Å². The number of nitrogens with zero attached hydrogens (tertiary/aromatic N) is 2. The maximum Gasteiger partial charge on any atom is 0.240 e. The molecule has 1 aromatic carbocycles. The van der Waals surface area contributed by atoms with E-state index in [1.54, 1.807) is 6.07 Å². The molecule has 1 aromatic heterocycles. The van der Waals surface area contributed by atoms with Crippen LogP contribution >= 0.6 is 11.6 Å². The molecule has 0 saturated carbocycles. The Morgan fingerprint density at radius 1 is 1.41 bits per heavy atom. The van der Waals surface area contributed by atoms with Crippen LogP contribution in [0, 0.1) is 12.3 Å². The molecule has 2 rings (SSSR count). The number of hydrogen-bond acceptors (Lipinski definition) is 4. The fraction of sp³-hybridized carbons (Fsp3) is 0.167. The zero-order valence-corrected chi connectivity index (χ0v) is 9.74. The van der Waals surface area contributed by atoms with E-state index in [0.717, 1.165) is 5.56 Å².